The lowest BCUT2D eigenvalue weighted by Crippen LogP contribution is -2.54. The molecule has 1 saturated carbocycles. The molecule has 1 aliphatic carbocycles. The van der Waals surface area contributed by atoms with Crippen LogP contribution < -0.4 is 10.4 Å². The van der Waals surface area contributed by atoms with Crippen molar-refractivity contribution in [1.29, 1.82) is 0 Å². The molecule has 7 atom stereocenters. The van der Waals surface area contributed by atoms with Gasteiger partial charge in [-0.3, -0.25) is 4.79 Å². The van der Waals surface area contributed by atoms with Gasteiger partial charge in [-0.1, -0.05) is 109 Å². The largest absolute Gasteiger partial charge is 0.483 e. The standard InChI is InChI=1S/C62H68O12/c1-39(35-64)49-24-20-41-18-21-44(22-19-41)50-25-23-46(45-17-9-15-43(32-45)31-42-13-7-4-8-14-42)33-48(50)34-54(67)71-58-56-53(74-62(2,59(58)73-60(49)68)29-10-16-40-11-5-3-6-12-40)27-26-51-52(36-65)55(61(69)72-57(51)56)47(28-30-63)37-70-38-66/h3-9,11-15,17-19,21-22,26-27,32,46-48,50,58-59,63-66H,10,16,20,23-25,28-31,33-38H2,1-2H3/b49-39-/t46-,47-,48+,50+,58-,59+,62+/m1/s1. The second-order valence-electron chi connectivity index (χ2n) is 20.6. The first-order chi connectivity index (χ1) is 36.0. The number of benzene rings is 5. The lowest BCUT2D eigenvalue weighted by atomic mass is 9.68. The van der Waals surface area contributed by atoms with Crippen molar-refractivity contribution in [3.05, 3.63) is 193 Å². The Kier molecular flexibility index (Phi) is 16.9. The molecule has 5 aromatic carbocycles. The van der Waals surface area contributed by atoms with Crippen molar-refractivity contribution in [1.82, 2.24) is 0 Å². The van der Waals surface area contributed by atoms with Gasteiger partial charge in [0.15, 0.2) is 12.2 Å². The third-order valence-electron chi connectivity index (χ3n) is 15.8. The number of hydrogen-bond donors (Lipinski definition) is 4. The van der Waals surface area contributed by atoms with Gasteiger partial charge < -0.3 is 43.8 Å². The molecule has 12 nitrogen and oxygen atoms in total. The molecule has 0 spiro atoms. The molecule has 6 aromatic rings. The summed E-state index contributed by atoms with van der Waals surface area (Å²) in [6.07, 6.45) is 3.12. The third-order valence-corrected chi connectivity index (χ3v) is 15.8. The first-order valence-electron chi connectivity index (χ1n) is 26.2. The zero-order valence-corrected chi connectivity index (χ0v) is 42.4. The third kappa shape index (κ3) is 11.6. The molecular weight excluding hydrogens is 937 g/mol. The highest BCUT2D eigenvalue weighted by atomic mass is 16.6. The maximum Gasteiger partial charge on any atom is 0.340 e. The first kappa shape index (κ1) is 52.5. The van der Waals surface area contributed by atoms with E-state index < -0.39 is 54.7 Å². The van der Waals surface area contributed by atoms with Crippen LogP contribution in [0.3, 0.4) is 0 Å². The van der Waals surface area contributed by atoms with Crippen molar-refractivity contribution in [2.24, 2.45) is 5.92 Å². The highest BCUT2D eigenvalue weighted by Crippen LogP contribution is 2.51. The van der Waals surface area contributed by atoms with Crippen molar-refractivity contribution in [2.45, 2.75) is 127 Å². The summed E-state index contributed by atoms with van der Waals surface area (Å²) in [4.78, 5) is 44.6. The summed E-state index contributed by atoms with van der Waals surface area (Å²) in [5.41, 5.74) is 5.97. The maximum atomic E-state index is 15.3. The Bertz CT molecular complexity index is 2980. The minimum atomic E-state index is -1.37. The summed E-state index contributed by atoms with van der Waals surface area (Å²) < 4.78 is 32.1. The van der Waals surface area contributed by atoms with Gasteiger partial charge in [0.2, 0.25) is 0 Å². The summed E-state index contributed by atoms with van der Waals surface area (Å²) in [7, 11) is 0. The topological polar surface area (TPSA) is 182 Å². The second-order valence-corrected chi connectivity index (χ2v) is 20.6. The predicted octanol–water partition coefficient (Wildman–Crippen LogP) is 9.99. The Morgan fingerprint density at radius 2 is 1.54 bits per heavy atom. The summed E-state index contributed by atoms with van der Waals surface area (Å²) in [6.45, 7) is 1.48. The summed E-state index contributed by atoms with van der Waals surface area (Å²) in [6, 6.07) is 41.0. The van der Waals surface area contributed by atoms with Crippen LogP contribution in [-0.4, -0.2) is 70.7 Å². The van der Waals surface area contributed by atoms with Crippen LogP contribution in [-0.2, 0) is 49.7 Å². The number of rotatable bonds is 15. The molecule has 4 N–H and O–H groups in total. The monoisotopic (exact) mass is 1000 g/mol. The van der Waals surface area contributed by atoms with E-state index in [2.05, 4.69) is 72.8 Å². The van der Waals surface area contributed by atoms with E-state index in [0.29, 0.717) is 36.6 Å². The van der Waals surface area contributed by atoms with E-state index >= 15 is 4.79 Å². The van der Waals surface area contributed by atoms with E-state index in [1.165, 1.54) is 16.7 Å². The van der Waals surface area contributed by atoms with Gasteiger partial charge >= 0.3 is 17.6 Å². The number of aliphatic hydroxyl groups is 4. The lowest BCUT2D eigenvalue weighted by molar-refractivity contribution is -0.192. The molecule has 3 aliphatic heterocycles. The molecule has 74 heavy (non-hydrogen) atoms. The molecule has 12 heteroatoms. The molecule has 10 rings (SSSR count). The van der Waals surface area contributed by atoms with Gasteiger partial charge in [0.1, 0.15) is 23.7 Å². The summed E-state index contributed by atoms with van der Waals surface area (Å²) in [5.74, 6) is -1.66. The number of aryl methyl sites for hydroxylation is 2. The average Bonchev–Trinajstić information content (AvgIpc) is 3.41. The van der Waals surface area contributed by atoms with Gasteiger partial charge in [-0.05, 0) is 152 Å². The number of ether oxygens (including phenoxy) is 4. The van der Waals surface area contributed by atoms with Gasteiger partial charge in [0, 0.05) is 35.5 Å². The molecular formula is C62H68O12. The molecule has 2 bridgehead atoms. The number of carbonyl (C=O) groups excluding carboxylic acids is 2. The van der Waals surface area contributed by atoms with Crippen LogP contribution in [0, 0.1) is 5.92 Å². The Hall–Kier alpha value is -6.41. The predicted molar refractivity (Wildman–Crippen MR) is 281 cm³/mol. The molecule has 0 unspecified atom stereocenters. The van der Waals surface area contributed by atoms with E-state index in [4.69, 9.17) is 23.4 Å². The Morgan fingerprint density at radius 3 is 2.26 bits per heavy atom. The minimum Gasteiger partial charge on any atom is -0.483 e. The molecule has 0 radical (unpaired) electrons. The molecule has 1 aromatic heterocycles. The SMILES string of the molecule is C/C(CO)=C1\CCc2ccc(cc2)[C@@H]2CC[C@@H](c3cccc(Cc4ccccc4)c3)C[C@H]2CC(=O)O[C@@H]2c3c(ccc4c(CO)c([C@H](CCO)COCO)c(=O)oc34)O[C@@](C)(CCCc3ccccc3)[C@H]2OC1=O. The second kappa shape index (κ2) is 23.9. The van der Waals surface area contributed by atoms with Crippen LogP contribution >= 0.6 is 0 Å². The zero-order valence-electron chi connectivity index (χ0n) is 42.4. The van der Waals surface area contributed by atoms with Crippen molar-refractivity contribution in [3.8, 4) is 5.75 Å². The van der Waals surface area contributed by atoms with Gasteiger partial charge in [0.05, 0.1) is 25.4 Å². The van der Waals surface area contributed by atoms with Crippen LogP contribution in [0.2, 0.25) is 0 Å². The van der Waals surface area contributed by atoms with E-state index in [1.54, 1.807) is 19.1 Å². The van der Waals surface area contributed by atoms with E-state index in [1.807, 2.05) is 43.3 Å². The normalized spacial score (nSPS) is 23.2. The zero-order chi connectivity index (χ0) is 51.8. The number of carbonyl (C=O) groups is 2. The molecule has 388 valence electrons. The Morgan fingerprint density at radius 1 is 0.797 bits per heavy atom. The fourth-order valence-electron chi connectivity index (χ4n) is 11.9. The fraction of sp³-hybridized carbons (Fsp3) is 0.403. The maximum absolute atomic E-state index is 15.3. The smallest absolute Gasteiger partial charge is 0.340 e. The van der Waals surface area contributed by atoms with Crippen molar-refractivity contribution in [3.63, 3.8) is 0 Å². The summed E-state index contributed by atoms with van der Waals surface area (Å²) >= 11 is 0. The molecule has 4 aliphatic rings. The van der Waals surface area contributed by atoms with E-state index in [9.17, 15) is 30.0 Å². The van der Waals surface area contributed by atoms with Crippen molar-refractivity contribution < 1.29 is 53.4 Å². The van der Waals surface area contributed by atoms with E-state index in [-0.39, 0.29) is 90.4 Å². The van der Waals surface area contributed by atoms with Crippen LogP contribution in [0.15, 0.2) is 142 Å². The average molecular weight is 1010 g/mol. The highest BCUT2D eigenvalue weighted by Gasteiger charge is 2.53. The number of fused-ring (bicyclic) bond motifs is 11. The Balaban J connectivity index is 1.17. The molecule has 0 saturated heterocycles. The highest BCUT2D eigenvalue weighted by molar-refractivity contribution is 5.90. The van der Waals surface area contributed by atoms with Gasteiger partial charge in [0.25, 0.3) is 0 Å². The van der Waals surface area contributed by atoms with Crippen molar-refractivity contribution >= 4 is 22.9 Å². The molecule has 1 fully saturated rings. The van der Waals surface area contributed by atoms with E-state index in [0.717, 1.165) is 42.4 Å². The molecule has 4 heterocycles. The quantitative estimate of drug-likeness (QED) is 0.0331. The first-order valence-corrected chi connectivity index (χ1v) is 26.2. The van der Waals surface area contributed by atoms with Crippen LogP contribution in [0.5, 0.6) is 5.75 Å². The fourth-order valence-corrected chi connectivity index (χ4v) is 11.9. The number of esters is 2. The Labute approximate surface area is 432 Å². The van der Waals surface area contributed by atoms with Crippen LogP contribution in [0.1, 0.15) is 139 Å². The number of hydrogen-bond acceptors (Lipinski definition) is 12. The van der Waals surface area contributed by atoms with Crippen LogP contribution in [0.25, 0.3) is 11.0 Å². The molecule has 0 amide bonds. The number of aliphatic hydroxyl groups excluding tert-OH is 4. The van der Waals surface area contributed by atoms with Gasteiger partial charge in [-0.2, -0.15) is 0 Å². The summed E-state index contributed by atoms with van der Waals surface area (Å²) in [5, 5.41) is 41.4. The minimum absolute atomic E-state index is 0.0152. The van der Waals surface area contributed by atoms with Crippen molar-refractivity contribution in [2.75, 3.05) is 26.6 Å². The van der Waals surface area contributed by atoms with Gasteiger partial charge in [-0.25, -0.2) is 9.59 Å². The van der Waals surface area contributed by atoms with Crippen LogP contribution in [0.4, 0.5) is 0 Å². The van der Waals surface area contributed by atoms with Gasteiger partial charge in [-0.15, -0.1) is 0 Å². The lowest BCUT2D eigenvalue weighted by Gasteiger charge is -2.45.